The Balaban J connectivity index is 1.86. The van der Waals surface area contributed by atoms with Gasteiger partial charge in [-0.3, -0.25) is 4.79 Å². The molecule has 1 amide bonds. The summed E-state index contributed by atoms with van der Waals surface area (Å²) in [6.45, 7) is -0.461. The largest absolute Gasteiger partial charge is 0.452 e. The minimum Gasteiger partial charge on any atom is -0.452 e. The fourth-order valence-electron chi connectivity index (χ4n) is 1.72. The maximum absolute atomic E-state index is 11.8. The summed E-state index contributed by atoms with van der Waals surface area (Å²) in [6, 6.07) is 13.4. The summed E-state index contributed by atoms with van der Waals surface area (Å²) in [4.78, 5) is 23.5. The number of carbonyl (C=O) groups excluding carboxylic acids is 2. The molecule has 114 valence electrons. The van der Waals surface area contributed by atoms with Gasteiger partial charge in [0.05, 0.1) is 12.2 Å². The van der Waals surface area contributed by atoms with Crippen molar-refractivity contribution in [3.63, 3.8) is 0 Å². The summed E-state index contributed by atoms with van der Waals surface area (Å²) >= 11 is 3.30. The van der Waals surface area contributed by atoms with Gasteiger partial charge >= 0.3 is 5.97 Å². The number of esters is 1. The smallest absolute Gasteiger partial charge is 0.338 e. The molecule has 6 heteroatoms. The summed E-state index contributed by atoms with van der Waals surface area (Å²) in [5, 5.41) is 11.6. The molecule has 0 unspecified atom stereocenters. The van der Waals surface area contributed by atoms with Gasteiger partial charge in [-0.1, -0.05) is 34.1 Å². The van der Waals surface area contributed by atoms with Gasteiger partial charge < -0.3 is 15.2 Å². The molecule has 0 heterocycles. The summed E-state index contributed by atoms with van der Waals surface area (Å²) in [5.41, 5.74) is 1.64. The van der Waals surface area contributed by atoms with E-state index in [1.165, 1.54) is 0 Å². The molecule has 0 spiro atoms. The lowest BCUT2D eigenvalue weighted by molar-refractivity contribution is -0.119. The van der Waals surface area contributed by atoms with Crippen molar-refractivity contribution in [2.75, 3.05) is 11.9 Å². The third-order valence-corrected chi connectivity index (χ3v) is 3.31. The number of hydrogen-bond acceptors (Lipinski definition) is 4. The fraction of sp³-hybridized carbons (Fsp3) is 0.125. The monoisotopic (exact) mass is 363 g/mol. The van der Waals surface area contributed by atoms with E-state index in [2.05, 4.69) is 21.2 Å². The van der Waals surface area contributed by atoms with Crippen LogP contribution < -0.4 is 5.32 Å². The molecule has 0 aliphatic carbocycles. The second-order valence-electron chi connectivity index (χ2n) is 4.49. The number of amides is 1. The van der Waals surface area contributed by atoms with E-state index in [0.29, 0.717) is 16.8 Å². The highest BCUT2D eigenvalue weighted by atomic mass is 79.9. The Bertz CT molecular complexity index is 670. The molecule has 0 fully saturated rings. The molecule has 0 bridgehead atoms. The molecule has 2 aromatic carbocycles. The Labute approximate surface area is 136 Å². The van der Waals surface area contributed by atoms with Gasteiger partial charge in [-0.2, -0.15) is 0 Å². The first-order chi connectivity index (χ1) is 10.6. The molecule has 0 aromatic heterocycles. The molecule has 0 saturated heterocycles. The van der Waals surface area contributed by atoms with Gasteiger partial charge in [0.15, 0.2) is 6.61 Å². The lowest BCUT2D eigenvalue weighted by Gasteiger charge is -2.07. The molecular formula is C16H14BrNO4. The van der Waals surface area contributed by atoms with Crippen molar-refractivity contribution in [2.45, 2.75) is 6.61 Å². The zero-order chi connectivity index (χ0) is 15.9. The summed E-state index contributed by atoms with van der Waals surface area (Å²) < 4.78 is 5.78. The summed E-state index contributed by atoms with van der Waals surface area (Å²) in [7, 11) is 0. The minimum atomic E-state index is -0.589. The number of carbonyl (C=O) groups is 2. The Morgan fingerprint density at radius 1 is 1.14 bits per heavy atom. The van der Waals surface area contributed by atoms with Crippen molar-refractivity contribution < 1.29 is 19.4 Å². The van der Waals surface area contributed by atoms with Crippen LogP contribution in [0.1, 0.15) is 15.9 Å². The van der Waals surface area contributed by atoms with Crippen LogP contribution in [0.4, 0.5) is 5.69 Å². The molecule has 0 atom stereocenters. The average Bonchev–Trinajstić information content (AvgIpc) is 2.52. The molecule has 2 N–H and O–H groups in total. The maximum Gasteiger partial charge on any atom is 0.338 e. The Morgan fingerprint density at radius 2 is 1.86 bits per heavy atom. The van der Waals surface area contributed by atoms with Crippen molar-refractivity contribution in [1.29, 1.82) is 0 Å². The van der Waals surface area contributed by atoms with Crippen molar-refractivity contribution in [3.05, 3.63) is 64.1 Å². The number of nitrogens with one attached hydrogen (secondary N) is 1. The number of hydrogen-bond donors (Lipinski definition) is 2. The van der Waals surface area contributed by atoms with E-state index in [1.54, 1.807) is 42.5 Å². The van der Waals surface area contributed by atoms with Crippen LogP contribution in [0.2, 0.25) is 0 Å². The van der Waals surface area contributed by atoms with Crippen molar-refractivity contribution in [1.82, 2.24) is 0 Å². The van der Waals surface area contributed by atoms with E-state index in [0.717, 1.165) is 4.47 Å². The Morgan fingerprint density at radius 3 is 2.50 bits per heavy atom. The minimum absolute atomic E-state index is 0.0929. The quantitative estimate of drug-likeness (QED) is 0.800. The fourth-order valence-corrected chi connectivity index (χ4v) is 2.12. The first-order valence-electron chi connectivity index (χ1n) is 6.51. The zero-order valence-corrected chi connectivity index (χ0v) is 13.2. The molecule has 22 heavy (non-hydrogen) atoms. The molecule has 0 radical (unpaired) electrons. The van der Waals surface area contributed by atoms with E-state index in [-0.39, 0.29) is 13.2 Å². The van der Waals surface area contributed by atoms with Gasteiger partial charge in [0.1, 0.15) is 0 Å². The van der Waals surface area contributed by atoms with Gasteiger partial charge in [-0.15, -0.1) is 0 Å². The predicted octanol–water partition coefficient (Wildman–Crippen LogP) is 2.74. The van der Waals surface area contributed by atoms with Crippen LogP contribution in [0.5, 0.6) is 0 Å². The van der Waals surface area contributed by atoms with Crippen LogP contribution in [0, 0.1) is 0 Å². The highest BCUT2D eigenvalue weighted by Crippen LogP contribution is 2.15. The van der Waals surface area contributed by atoms with E-state index in [1.807, 2.05) is 6.07 Å². The average molecular weight is 364 g/mol. The van der Waals surface area contributed by atoms with Gasteiger partial charge in [0.2, 0.25) is 0 Å². The van der Waals surface area contributed by atoms with Crippen LogP contribution >= 0.6 is 15.9 Å². The zero-order valence-electron chi connectivity index (χ0n) is 11.6. The molecular weight excluding hydrogens is 350 g/mol. The van der Waals surface area contributed by atoms with Gasteiger partial charge in [0, 0.05) is 10.2 Å². The lowest BCUT2D eigenvalue weighted by Crippen LogP contribution is -2.20. The molecule has 5 nitrogen and oxygen atoms in total. The van der Waals surface area contributed by atoms with Gasteiger partial charge in [-0.25, -0.2) is 4.79 Å². The molecule has 2 rings (SSSR count). The van der Waals surface area contributed by atoms with Gasteiger partial charge in [0.25, 0.3) is 5.91 Å². The third-order valence-electron chi connectivity index (χ3n) is 2.81. The normalized spacial score (nSPS) is 10.1. The number of aliphatic hydroxyl groups is 1. The first kappa shape index (κ1) is 16.2. The van der Waals surface area contributed by atoms with E-state index in [9.17, 15) is 9.59 Å². The molecule has 0 aliphatic rings. The van der Waals surface area contributed by atoms with Crippen molar-refractivity contribution >= 4 is 33.5 Å². The van der Waals surface area contributed by atoms with Crippen molar-refractivity contribution in [3.8, 4) is 0 Å². The second-order valence-corrected chi connectivity index (χ2v) is 5.41. The topological polar surface area (TPSA) is 75.6 Å². The van der Waals surface area contributed by atoms with E-state index >= 15 is 0 Å². The van der Waals surface area contributed by atoms with Crippen LogP contribution in [0.25, 0.3) is 0 Å². The molecule has 2 aromatic rings. The first-order valence-corrected chi connectivity index (χ1v) is 7.30. The van der Waals surface area contributed by atoms with Crippen molar-refractivity contribution in [2.24, 2.45) is 0 Å². The maximum atomic E-state index is 11.8. The number of anilines is 1. The van der Waals surface area contributed by atoms with Crippen LogP contribution in [0.15, 0.2) is 53.0 Å². The summed E-state index contributed by atoms with van der Waals surface area (Å²) in [6.07, 6.45) is 0. The number of halogens is 1. The summed E-state index contributed by atoms with van der Waals surface area (Å²) in [5.74, 6) is -1.01. The Kier molecular flexibility index (Phi) is 5.68. The molecule has 0 saturated carbocycles. The third kappa shape index (κ3) is 4.68. The number of benzene rings is 2. The Hall–Kier alpha value is -2.18. The molecule has 0 aliphatic heterocycles. The number of rotatable bonds is 5. The van der Waals surface area contributed by atoms with E-state index in [4.69, 9.17) is 9.84 Å². The SMILES string of the molecule is O=C(COC(=O)c1ccc(CO)cc1)Nc1cccc(Br)c1. The van der Waals surface area contributed by atoms with Crippen LogP contribution in [-0.4, -0.2) is 23.6 Å². The number of ether oxygens (including phenoxy) is 1. The van der Waals surface area contributed by atoms with E-state index < -0.39 is 11.9 Å². The lowest BCUT2D eigenvalue weighted by atomic mass is 10.1. The highest BCUT2D eigenvalue weighted by molar-refractivity contribution is 9.10. The van der Waals surface area contributed by atoms with Crippen LogP contribution in [-0.2, 0) is 16.1 Å². The standard InChI is InChI=1S/C16H14BrNO4/c17-13-2-1-3-14(8-13)18-15(20)10-22-16(21)12-6-4-11(9-19)5-7-12/h1-8,19H,9-10H2,(H,18,20). The van der Waals surface area contributed by atoms with Gasteiger partial charge in [-0.05, 0) is 35.9 Å². The second kappa shape index (κ2) is 7.72. The highest BCUT2D eigenvalue weighted by Gasteiger charge is 2.10. The van der Waals surface area contributed by atoms with Crippen LogP contribution in [0.3, 0.4) is 0 Å². The number of aliphatic hydroxyl groups excluding tert-OH is 1. The predicted molar refractivity (Wildman–Crippen MR) is 85.4 cm³/mol.